The minimum absolute atomic E-state index is 0.0400. The van der Waals surface area contributed by atoms with E-state index in [0.29, 0.717) is 18.7 Å². The van der Waals surface area contributed by atoms with Crippen LogP contribution in [0.4, 0.5) is 13.2 Å². The van der Waals surface area contributed by atoms with E-state index >= 15 is 0 Å². The highest BCUT2D eigenvalue weighted by atomic mass is 32.2. The molecule has 8 heteroatoms. The zero-order valence-corrected chi connectivity index (χ0v) is 17.4. The Kier molecular flexibility index (Phi) is 6.80. The van der Waals surface area contributed by atoms with Gasteiger partial charge < -0.3 is 13.9 Å². The molecule has 160 valence electrons. The van der Waals surface area contributed by atoms with Crippen molar-refractivity contribution < 1.29 is 26.7 Å². The van der Waals surface area contributed by atoms with Gasteiger partial charge >= 0.3 is 6.18 Å². The van der Waals surface area contributed by atoms with Gasteiger partial charge in [0.05, 0.1) is 23.6 Å². The summed E-state index contributed by atoms with van der Waals surface area (Å²) >= 11 is -1.93. The second kappa shape index (κ2) is 9.16. The lowest BCUT2D eigenvalue weighted by atomic mass is 10.1. The summed E-state index contributed by atoms with van der Waals surface area (Å²) in [6, 6.07) is 14.3. The summed E-state index contributed by atoms with van der Waals surface area (Å²) in [5.41, 5.74) is 4.29. The van der Waals surface area contributed by atoms with Crippen LogP contribution in [0.15, 0.2) is 54.6 Å². The van der Waals surface area contributed by atoms with Crippen LogP contribution in [-0.4, -0.2) is 27.0 Å². The highest BCUT2D eigenvalue weighted by molar-refractivity contribution is 7.78. The van der Waals surface area contributed by atoms with Crippen molar-refractivity contribution in [1.29, 1.82) is 0 Å². The predicted molar refractivity (Wildman–Crippen MR) is 111 cm³/mol. The van der Waals surface area contributed by atoms with Gasteiger partial charge in [-0.2, -0.15) is 13.2 Å². The third kappa shape index (κ3) is 5.00. The van der Waals surface area contributed by atoms with E-state index in [1.54, 1.807) is 19.2 Å². The molecule has 1 N–H and O–H groups in total. The van der Waals surface area contributed by atoms with Gasteiger partial charge in [0.15, 0.2) is 11.1 Å². The van der Waals surface area contributed by atoms with Gasteiger partial charge in [-0.15, -0.1) is 0 Å². The maximum atomic E-state index is 13.0. The first-order chi connectivity index (χ1) is 14.2. The maximum absolute atomic E-state index is 13.0. The van der Waals surface area contributed by atoms with Gasteiger partial charge in [0.25, 0.3) is 0 Å². The Morgan fingerprint density at radius 2 is 1.70 bits per heavy atom. The van der Waals surface area contributed by atoms with Crippen LogP contribution in [0, 0.1) is 6.92 Å². The molecule has 0 radical (unpaired) electrons. The molecular weight excluding hydrogens is 415 g/mol. The zero-order valence-electron chi connectivity index (χ0n) is 16.6. The van der Waals surface area contributed by atoms with Crippen LogP contribution in [0.5, 0.6) is 0 Å². The number of ether oxygens (including phenoxy) is 1. The van der Waals surface area contributed by atoms with Gasteiger partial charge in [0, 0.05) is 18.5 Å². The highest BCUT2D eigenvalue weighted by Gasteiger charge is 2.30. The first-order valence-electron chi connectivity index (χ1n) is 9.25. The molecule has 0 spiro atoms. The van der Waals surface area contributed by atoms with Crippen molar-refractivity contribution in [1.82, 2.24) is 4.57 Å². The molecule has 3 rings (SSSR count). The quantitative estimate of drug-likeness (QED) is 0.505. The predicted octanol–water partition coefficient (Wildman–Crippen LogP) is 5.38. The highest BCUT2D eigenvalue weighted by Crippen LogP contribution is 2.33. The van der Waals surface area contributed by atoms with E-state index in [-0.39, 0.29) is 5.75 Å². The van der Waals surface area contributed by atoms with Gasteiger partial charge in [0.2, 0.25) is 0 Å². The Labute approximate surface area is 175 Å². The molecule has 1 aromatic heterocycles. The molecule has 30 heavy (non-hydrogen) atoms. The van der Waals surface area contributed by atoms with Gasteiger partial charge in [-0.25, -0.2) is 4.21 Å². The Bertz CT molecular complexity index is 1030. The lowest BCUT2D eigenvalue weighted by Crippen LogP contribution is -2.06. The van der Waals surface area contributed by atoms with Crippen molar-refractivity contribution in [2.24, 2.45) is 0 Å². The van der Waals surface area contributed by atoms with E-state index in [1.807, 2.05) is 29.7 Å². The molecular formula is C22H22F3NO3S. The fraction of sp³-hybridized carbons (Fsp3) is 0.273. The normalized spacial score (nSPS) is 12.9. The number of hydrogen-bond acceptors (Lipinski definition) is 2. The monoisotopic (exact) mass is 437 g/mol. The SMILES string of the molecule is COCCc1cc(-c2ccc(CS(=O)O)cc2)n(-c2ccc(C(F)(F)F)cc2)c1C. The van der Waals surface area contributed by atoms with Crippen LogP contribution in [0.25, 0.3) is 16.9 Å². The number of rotatable bonds is 7. The Morgan fingerprint density at radius 3 is 2.23 bits per heavy atom. The minimum atomic E-state index is -4.39. The standard InChI is InChI=1S/C22H22F3NO3S/c1-15-18(11-12-29-2)13-21(17-5-3-16(4-6-17)14-30(27)28)26(15)20-9-7-19(8-10-20)22(23,24)25/h3-10,13H,11-12,14H2,1-2H3,(H,27,28). The first-order valence-corrected chi connectivity index (χ1v) is 10.5. The van der Waals surface area contributed by atoms with Crippen molar-refractivity contribution in [2.75, 3.05) is 13.7 Å². The van der Waals surface area contributed by atoms with E-state index in [1.165, 1.54) is 12.1 Å². The van der Waals surface area contributed by atoms with Crippen molar-refractivity contribution >= 4 is 11.1 Å². The van der Waals surface area contributed by atoms with Crippen molar-refractivity contribution in [2.45, 2.75) is 25.3 Å². The molecule has 0 aliphatic carbocycles. The average Bonchev–Trinajstić information content (AvgIpc) is 3.02. The van der Waals surface area contributed by atoms with Crippen LogP contribution < -0.4 is 0 Å². The Morgan fingerprint density at radius 1 is 1.07 bits per heavy atom. The Balaban J connectivity index is 2.07. The number of nitrogens with zero attached hydrogens (tertiary/aromatic N) is 1. The van der Waals surface area contributed by atoms with E-state index in [4.69, 9.17) is 9.29 Å². The fourth-order valence-corrected chi connectivity index (χ4v) is 3.86. The minimum Gasteiger partial charge on any atom is -0.384 e. The van der Waals surface area contributed by atoms with Gasteiger partial charge in [-0.05, 0) is 60.4 Å². The van der Waals surface area contributed by atoms with Gasteiger partial charge in [-0.3, -0.25) is 0 Å². The smallest absolute Gasteiger partial charge is 0.384 e. The second-order valence-electron chi connectivity index (χ2n) is 6.93. The summed E-state index contributed by atoms with van der Waals surface area (Å²) in [5.74, 6) is 0.0400. The lowest BCUT2D eigenvalue weighted by Gasteiger charge is -2.14. The molecule has 2 aromatic carbocycles. The molecule has 0 amide bonds. The molecule has 0 saturated heterocycles. The van der Waals surface area contributed by atoms with Crippen molar-refractivity contribution in [3.05, 3.63) is 77.0 Å². The first kappa shape index (κ1) is 22.3. The number of hydrogen-bond donors (Lipinski definition) is 1. The molecule has 1 unspecified atom stereocenters. The van der Waals surface area contributed by atoms with E-state index in [2.05, 4.69) is 0 Å². The second-order valence-corrected chi connectivity index (χ2v) is 7.86. The third-order valence-electron chi connectivity index (χ3n) is 4.92. The van der Waals surface area contributed by atoms with Crippen LogP contribution >= 0.6 is 0 Å². The summed E-state index contributed by atoms with van der Waals surface area (Å²) in [6.45, 7) is 2.45. The van der Waals surface area contributed by atoms with E-state index in [9.17, 15) is 17.4 Å². The van der Waals surface area contributed by atoms with E-state index < -0.39 is 22.8 Å². The fourth-order valence-electron chi connectivity index (χ4n) is 3.38. The van der Waals surface area contributed by atoms with Gasteiger partial charge in [-0.1, -0.05) is 24.3 Å². The molecule has 0 bridgehead atoms. The molecule has 4 nitrogen and oxygen atoms in total. The zero-order chi connectivity index (χ0) is 21.9. The van der Waals surface area contributed by atoms with Crippen LogP contribution in [-0.2, 0) is 34.2 Å². The van der Waals surface area contributed by atoms with Crippen LogP contribution in [0.2, 0.25) is 0 Å². The third-order valence-corrected chi connectivity index (χ3v) is 5.50. The molecule has 3 aromatic rings. The molecule has 0 saturated carbocycles. The Hall–Kier alpha value is -2.42. The molecule has 0 aliphatic heterocycles. The molecule has 1 atom stereocenters. The van der Waals surface area contributed by atoms with Gasteiger partial charge in [0.1, 0.15) is 0 Å². The van der Waals surface area contributed by atoms with E-state index in [0.717, 1.165) is 40.2 Å². The van der Waals surface area contributed by atoms with Crippen LogP contribution in [0.3, 0.4) is 0 Å². The van der Waals surface area contributed by atoms with Crippen molar-refractivity contribution in [3.8, 4) is 16.9 Å². The summed E-state index contributed by atoms with van der Waals surface area (Å²) in [6.07, 6.45) is -3.72. The summed E-state index contributed by atoms with van der Waals surface area (Å²) in [5, 5.41) is 0. The molecule has 1 heterocycles. The maximum Gasteiger partial charge on any atom is 0.416 e. The lowest BCUT2D eigenvalue weighted by molar-refractivity contribution is -0.137. The topological polar surface area (TPSA) is 51.5 Å². The van der Waals surface area contributed by atoms with Crippen molar-refractivity contribution in [3.63, 3.8) is 0 Å². The summed E-state index contributed by atoms with van der Waals surface area (Å²) in [7, 11) is 1.62. The van der Waals surface area contributed by atoms with Crippen LogP contribution in [0.1, 0.15) is 22.4 Å². The molecule has 0 fully saturated rings. The number of aromatic nitrogens is 1. The largest absolute Gasteiger partial charge is 0.416 e. The average molecular weight is 437 g/mol. The number of halogens is 3. The number of benzene rings is 2. The number of alkyl halides is 3. The summed E-state index contributed by atoms with van der Waals surface area (Å²) < 4.78 is 66.1. The summed E-state index contributed by atoms with van der Waals surface area (Å²) in [4.78, 5) is 0. The molecule has 0 aliphatic rings. The number of methoxy groups -OCH3 is 1.